The molecule has 0 aromatic heterocycles. The Morgan fingerprint density at radius 1 is 1.07 bits per heavy atom. The number of likely N-dealkylation sites (tertiary alicyclic amines) is 1. The minimum Gasteiger partial charge on any atom is -0.505 e. The first-order valence-electron chi connectivity index (χ1n) is 10.0. The molecule has 1 saturated carbocycles. The quantitative estimate of drug-likeness (QED) is 0.799. The van der Waals surface area contributed by atoms with Crippen LogP contribution in [0.1, 0.15) is 31.2 Å². The summed E-state index contributed by atoms with van der Waals surface area (Å²) in [5, 5.41) is 9.37. The van der Waals surface area contributed by atoms with Crippen molar-refractivity contribution in [2.24, 2.45) is 11.8 Å². The summed E-state index contributed by atoms with van der Waals surface area (Å²) >= 11 is 0. The lowest BCUT2D eigenvalue weighted by Crippen LogP contribution is -2.28. The Morgan fingerprint density at radius 3 is 2.32 bits per heavy atom. The highest BCUT2D eigenvalue weighted by Crippen LogP contribution is 2.40. The normalized spacial score (nSPS) is 25.5. The number of nitrogens with zero attached hydrogens (tertiary/aromatic N) is 1. The van der Waals surface area contributed by atoms with E-state index in [2.05, 4.69) is 11.8 Å². The molecule has 4 nitrogen and oxygen atoms in total. The van der Waals surface area contributed by atoms with Gasteiger partial charge < -0.3 is 19.5 Å². The van der Waals surface area contributed by atoms with Crippen LogP contribution in [0, 0.1) is 17.7 Å². The highest BCUT2D eigenvalue weighted by atomic mass is 19.1. The van der Waals surface area contributed by atoms with Gasteiger partial charge >= 0.3 is 0 Å². The fourth-order valence-electron chi connectivity index (χ4n) is 4.76. The maximum atomic E-state index is 13.6. The number of fused-ring (bicyclic) bond motifs is 1. The summed E-state index contributed by atoms with van der Waals surface area (Å²) in [6, 6.07) is 12.5. The topological polar surface area (TPSA) is 41.9 Å². The van der Waals surface area contributed by atoms with Gasteiger partial charge in [-0.1, -0.05) is 13.0 Å². The highest BCUT2D eigenvalue weighted by molar-refractivity contribution is 5.31. The summed E-state index contributed by atoms with van der Waals surface area (Å²) in [6.45, 7) is 5.20. The van der Waals surface area contributed by atoms with E-state index in [0.29, 0.717) is 11.8 Å². The molecular weight excluding hydrogens is 357 g/mol. The van der Waals surface area contributed by atoms with Crippen LogP contribution in [0.25, 0.3) is 0 Å². The van der Waals surface area contributed by atoms with Gasteiger partial charge in [-0.2, -0.15) is 0 Å². The molecule has 2 unspecified atom stereocenters. The molecule has 5 heteroatoms. The van der Waals surface area contributed by atoms with Gasteiger partial charge in [0.05, 0.1) is 13.2 Å². The summed E-state index contributed by atoms with van der Waals surface area (Å²) in [4.78, 5) is 2.49. The second-order valence-electron chi connectivity index (χ2n) is 8.24. The van der Waals surface area contributed by atoms with Crippen LogP contribution >= 0.6 is 0 Å². The van der Waals surface area contributed by atoms with Crippen LogP contribution in [0.4, 0.5) is 4.39 Å². The second kappa shape index (κ2) is 8.00. The highest BCUT2D eigenvalue weighted by Gasteiger charge is 2.42. The first-order valence-corrected chi connectivity index (χ1v) is 10.0. The Kier molecular flexibility index (Phi) is 5.44. The third-order valence-electron chi connectivity index (χ3n) is 6.22. The van der Waals surface area contributed by atoms with E-state index in [4.69, 9.17) is 9.47 Å². The molecular formula is C23H28FNO3. The minimum absolute atomic E-state index is 0.236. The molecule has 1 aliphatic heterocycles. The molecule has 2 aromatic carbocycles. The maximum Gasteiger partial charge on any atom is 0.165 e. The second-order valence-corrected chi connectivity index (χ2v) is 8.24. The Balaban J connectivity index is 1.28. The van der Waals surface area contributed by atoms with Crippen molar-refractivity contribution in [3.63, 3.8) is 0 Å². The number of halogens is 1. The molecule has 1 saturated heterocycles. The molecule has 4 atom stereocenters. The summed E-state index contributed by atoms with van der Waals surface area (Å²) in [5.74, 6) is 2.51. The molecule has 1 aliphatic carbocycles. The standard InChI is InChI=1S/C23H28FNO3/c1-15(16-3-8-23(26)22(24)11-16)12-25-13-17-9-21(10-18(17)14-25)28-20-6-4-19(27-2)5-7-20/h3-8,11,15,17-18,21,26H,9-10,12-14H2,1-2H3/t15?,17-,18?,21-/m1/s1. The van der Waals surface area contributed by atoms with E-state index in [0.717, 1.165) is 49.5 Å². The van der Waals surface area contributed by atoms with E-state index in [9.17, 15) is 9.50 Å². The van der Waals surface area contributed by atoms with Crippen molar-refractivity contribution in [3.8, 4) is 17.2 Å². The number of rotatable bonds is 6. The molecule has 0 radical (unpaired) electrons. The number of methoxy groups -OCH3 is 1. The largest absolute Gasteiger partial charge is 0.505 e. The van der Waals surface area contributed by atoms with Gasteiger partial charge in [-0.05, 0) is 72.6 Å². The Bertz CT molecular complexity index is 796. The SMILES string of the molecule is COc1ccc(O[C@H]2CC3CN(CC(C)c4ccc(O)c(F)c4)C[C@H]3C2)cc1. The number of phenolic OH excluding ortho intramolecular Hbond substituents is 1. The zero-order valence-corrected chi connectivity index (χ0v) is 16.5. The molecule has 28 heavy (non-hydrogen) atoms. The van der Waals surface area contributed by atoms with Crippen molar-refractivity contribution in [1.29, 1.82) is 0 Å². The van der Waals surface area contributed by atoms with Crippen molar-refractivity contribution in [2.45, 2.75) is 31.8 Å². The smallest absolute Gasteiger partial charge is 0.165 e. The number of hydrogen-bond donors (Lipinski definition) is 1. The van der Waals surface area contributed by atoms with Crippen LogP contribution in [0.15, 0.2) is 42.5 Å². The van der Waals surface area contributed by atoms with Gasteiger partial charge in [0.15, 0.2) is 11.6 Å². The van der Waals surface area contributed by atoms with Gasteiger partial charge in [0.1, 0.15) is 11.5 Å². The van der Waals surface area contributed by atoms with Gasteiger partial charge in [-0.3, -0.25) is 0 Å². The number of benzene rings is 2. The first kappa shape index (κ1) is 19.1. The molecule has 2 aromatic rings. The number of ether oxygens (including phenoxy) is 2. The first-order chi connectivity index (χ1) is 13.5. The van der Waals surface area contributed by atoms with Crippen molar-refractivity contribution in [3.05, 3.63) is 53.8 Å². The van der Waals surface area contributed by atoms with E-state index in [1.54, 1.807) is 7.11 Å². The molecule has 0 spiro atoms. The van der Waals surface area contributed by atoms with E-state index in [-0.39, 0.29) is 17.8 Å². The molecule has 2 fully saturated rings. The van der Waals surface area contributed by atoms with E-state index in [1.807, 2.05) is 30.3 Å². The predicted octanol–water partition coefficient (Wildman–Crippen LogP) is 4.43. The van der Waals surface area contributed by atoms with E-state index in [1.165, 1.54) is 12.1 Å². The van der Waals surface area contributed by atoms with Gasteiger partial charge in [0.25, 0.3) is 0 Å². The lowest BCUT2D eigenvalue weighted by Gasteiger charge is -2.23. The third-order valence-corrected chi connectivity index (χ3v) is 6.22. The number of aromatic hydroxyl groups is 1. The molecule has 4 rings (SSSR count). The minimum atomic E-state index is -0.541. The van der Waals surface area contributed by atoms with Crippen molar-refractivity contribution in [2.75, 3.05) is 26.7 Å². The van der Waals surface area contributed by atoms with Crippen LogP contribution in [-0.2, 0) is 0 Å². The summed E-state index contributed by atoms with van der Waals surface area (Å²) in [5.41, 5.74) is 0.938. The van der Waals surface area contributed by atoms with E-state index >= 15 is 0 Å². The molecule has 0 bridgehead atoms. The van der Waals surface area contributed by atoms with Crippen molar-refractivity contribution in [1.82, 2.24) is 4.90 Å². The lowest BCUT2D eigenvalue weighted by molar-refractivity contribution is 0.184. The monoisotopic (exact) mass is 385 g/mol. The Morgan fingerprint density at radius 2 is 1.71 bits per heavy atom. The average molecular weight is 385 g/mol. The van der Waals surface area contributed by atoms with Crippen LogP contribution in [0.5, 0.6) is 17.2 Å². The van der Waals surface area contributed by atoms with Gasteiger partial charge in [-0.25, -0.2) is 4.39 Å². The summed E-state index contributed by atoms with van der Waals surface area (Å²) in [7, 11) is 1.67. The van der Waals surface area contributed by atoms with Crippen LogP contribution in [-0.4, -0.2) is 42.9 Å². The molecule has 1 heterocycles. The van der Waals surface area contributed by atoms with Crippen LogP contribution in [0.2, 0.25) is 0 Å². The van der Waals surface area contributed by atoms with Gasteiger partial charge in [0.2, 0.25) is 0 Å². The van der Waals surface area contributed by atoms with Crippen LogP contribution in [0.3, 0.4) is 0 Å². The third kappa shape index (κ3) is 4.09. The Hall–Kier alpha value is -2.27. The summed E-state index contributed by atoms with van der Waals surface area (Å²) in [6.07, 6.45) is 2.47. The predicted molar refractivity (Wildman–Crippen MR) is 107 cm³/mol. The van der Waals surface area contributed by atoms with E-state index < -0.39 is 5.82 Å². The number of hydrogen-bond acceptors (Lipinski definition) is 4. The van der Waals surface area contributed by atoms with Crippen molar-refractivity contribution < 1.29 is 19.0 Å². The van der Waals surface area contributed by atoms with Crippen LogP contribution < -0.4 is 9.47 Å². The molecule has 2 aliphatic rings. The molecule has 0 amide bonds. The molecule has 150 valence electrons. The number of phenols is 1. The van der Waals surface area contributed by atoms with Crippen molar-refractivity contribution >= 4 is 0 Å². The van der Waals surface area contributed by atoms with Gasteiger partial charge in [0, 0.05) is 19.6 Å². The molecule has 1 N–H and O–H groups in total. The van der Waals surface area contributed by atoms with Gasteiger partial charge in [-0.15, -0.1) is 0 Å². The Labute approximate surface area is 165 Å². The zero-order valence-electron chi connectivity index (χ0n) is 16.5. The lowest BCUT2D eigenvalue weighted by atomic mass is 10.0. The zero-order chi connectivity index (χ0) is 19.7. The maximum absolute atomic E-state index is 13.6. The fourth-order valence-corrected chi connectivity index (χ4v) is 4.76. The fraction of sp³-hybridized carbons (Fsp3) is 0.478. The summed E-state index contributed by atoms with van der Waals surface area (Å²) < 4.78 is 25.0. The average Bonchev–Trinajstić information content (AvgIpc) is 3.22.